The molecule has 0 aliphatic carbocycles. The molecule has 0 N–H and O–H groups in total. The standard InChI is InChI=1S/C21H27F2N3O2/c1-4-14(3)9-10-25-16(5-2)12-26-19(25)11-18(24-21(26)27)28-13-15-7-6-8-17(22)20(15)23/h6-8,11,14,16H,4-5,9-10,12-13H2,1-3H3. The fourth-order valence-electron chi connectivity index (χ4n) is 3.47. The van der Waals surface area contributed by atoms with Gasteiger partial charge in [0.15, 0.2) is 11.6 Å². The van der Waals surface area contributed by atoms with Crippen LogP contribution >= 0.6 is 0 Å². The first-order valence-corrected chi connectivity index (χ1v) is 9.88. The number of rotatable bonds is 8. The Balaban J connectivity index is 1.81. The molecule has 1 aliphatic rings. The lowest BCUT2D eigenvalue weighted by molar-refractivity contribution is 0.283. The van der Waals surface area contributed by atoms with Gasteiger partial charge in [-0.25, -0.2) is 13.6 Å². The van der Waals surface area contributed by atoms with E-state index >= 15 is 0 Å². The van der Waals surface area contributed by atoms with Crippen LogP contribution in [0.15, 0.2) is 29.1 Å². The summed E-state index contributed by atoms with van der Waals surface area (Å²) in [4.78, 5) is 18.7. The van der Waals surface area contributed by atoms with E-state index in [1.54, 1.807) is 10.6 Å². The van der Waals surface area contributed by atoms with Gasteiger partial charge in [-0.05, 0) is 24.8 Å². The summed E-state index contributed by atoms with van der Waals surface area (Å²) in [5.74, 6) is -0.353. The molecule has 152 valence electrons. The van der Waals surface area contributed by atoms with Crippen molar-refractivity contribution in [3.05, 3.63) is 51.9 Å². The lowest BCUT2D eigenvalue weighted by Crippen LogP contribution is -2.33. The first-order chi connectivity index (χ1) is 13.4. The number of benzene rings is 1. The molecule has 28 heavy (non-hydrogen) atoms. The number of hydrogen-bond acceptors (Lipinski definition) is 4. The van der Waals surface area contributed by atoms with Crippen LogP contribution in [0.4, 0.5) is 14.6 Å². The van der Waals surface area contributed by atoms with Crippen LogP contribution < -0.4 is 15.3 Å². The van der Waals surface area contributed by atoms with E-state index in [0.717, 1.165) is 37.7 Å². The van der Waals surface area contributed by atoms with E-state index in [2.05, 4.69) is 30.7 Å². The van der Waals surface area contributed by atoms with Gasteiger partial charge in [0, 0.05) is 30.8 Å². The van der Waals surface area contributed by atoms with Gasteiger partial charge in [-0.1, -0.05) is 39.3 Å². The van der Waals surface area contributed by atoms with E-state index in [0.29, 0.717) is 12.5 Å². The van der Waals surface area contributed by atoms with Crippen LogP contribution in [-0.2, 0) is 13.2 Å². The van der Waals surface area contributed by atoms with Crippen molar-refractivity contribution in [1.82, 2.24) is 9.55 Å². The topological polar surface area (TPSA) is 47.4 Å². The summed E-state index contributed by atoms with van der Waals surface area (Å²) < 4.78 is 34.4. The molecule has 2 heterocycles. The minimum atomic E-state index is -0.943. The highest BCUT2D eigenvalue weighted by molar-refractivity contribution is 5.46. The average Bonchev–Trinajstić information content (AvgIpc) is 3.05. The minimum Gasteiger partial charge on any atom is -0.472 e. The third kappa shape index (κ3) is 4.18. The number of halogens is 2. The summed E-state index contributed by atoms with van der Waals surface area (Å²) in [6, 6.07) is 5.90. The van der Waals surface area contributed by atoms with Crippen molar-refractivity contribution in [2.45, 2.75) is 59.2 Å². The molecule has 0 spiro atoms. The largest absolute Gasteiger partial charge is 0.472 e. The molecule has 5 nitrogen and oxygen atoms in total. The fourth-order valence-corrected chi connectivity index (χ4v) is 3.47. The molecule has 0 bridgehead atoms. The Bertz CT molecular complexity index is 884. The Hall–Kier alpha value is -2.44. The molecule has 2 aromatic rings. The Kier molecular flexibility index (Phi) is 6.31. The number of hydrogen-bond donors (Lipinski definition) is 0. The molecule has 0 fully saturated rings. The quantitative estimate of drug-likeness (QED) is 0.679. The van der Waals surface area contributed by atoms with Gasteiger partial charge in [-0.15, -0.1) is 0 Å². The minimum absolute atomic E-state index is 0.0856. The molecule has 3 rings (SSSR count). The molecule has 1 aromatic heterocycles. The lowest BCUT2D eigenvalue weighted by Gasteiger charge is -2.26. The van der Waals surface area contributed by atoms with Crippen LogP contribution in [0.2, 0.25) is 0 Å². The van der Waals surface area contributed by atoms with Crippen molar-refractivity contribution in [2.24, 2.45) is 5.92 Å². The zero-order valence-corrected chi connectivity index (χ0v) is 16.6. The van der Waals surface area contributed by atoms with Crippen LogP contribution in [0.1, 0.15) is 45.6 Å². The third-order valence-electron chi connectivity index (χ3n) is 5.53. The van der Waals surface area contributed by atoms with E-state index in [-0.39, 0.29) is 29.8 Å². The summed E-state index contributed by atoms with van der Waals surface area (Å²) in [6.45, 7) is 7.77. The SMILES string of the molecule is CCC(C)CCN1c2cc(OCc3cccc(F)c3F)nc(=O)n2CC1CC. The smallest absolute Gasteiger partial charge is 0.352 e. The molecule has 0 amide bonds. The van der Waals surface area contributed by atoms with E-state index < -0.39 is 11.6 Å². The van der Waals surface area contributed by atoms with Crippen molar-refractivity contribution in [2.75, 3.05) is 11.4 Å². The molecule has 1 aliphatic heterocycles. The van der Waals surface area contributed by atoms with Crippen LogP contribution in [0.3, 0.4) is 0 Å². The zero-order chi connectivity index (χ0) is 20.3. The fraction of sp³-hybridized carbons (Fsp3) is 0.524. The van der Waals surface area contributed by atoms with E-state index in [1.807, 2.05) is 0 Å². The van der Waals surface area contributed by atoms with Crippen LogP contribution in [-0.4, -0.2) is 22.1 Å². The van der Waals surface area contributed by atoms with E-state index in [4.69, 9.17) is 4.74 Å². The highest BCUT2D eigenvalue weighted by Gasteiger charge is 2.30. The summed E-state index contributed by atoms with van der Waals surface area (Å²) in [5, 5.41) is 0. The Morgan fingerprint density at radius 2 is 2.11 bits per heavy atom. The van der Waals surface area contributed by atoms with Gasteiger partial charge in [0.1, 0.15) is 12.4 Å². The molecular formula is C21H27F2N3O2. The number of anilines is 1. The Labute approximate surface area is 164 Å². The van der Waals surface area contributed by atoms with Crippen molar-refractivity contribution in [3.8, 4) is 5.88 Å². The number of nitrogens with zero attached hydrogens (tertiary/aromatic N) is 3. The van der Waals surface area contributed by atoms with Crippen LogP contribution in [0.25, 0.3) is 0 Å². The van der Waals surface area contributed by atoms with Crippen molar-refractivity contribution in [1.29, 1.82) is 0 Å². The number of aromatic nitrogens is 2. The van der Waals surface area contributed by atoms with Crippen LogP contribution in [0, 0.1) is 17.6 Å². The Morgan fingerprint density at radius 1 is 1.32 bits per heavy atom. The van der Waals surface area contributed by atoms with Gasteiger partial charge >= 0.3 is 5.69 Å². The molecule has 2 unspecified atom stereocenters. The molecule has 0 saturated carbocycles. The van der Waals surface area contributed by atoms with Gasteiger partial charge in [-0.3, -0.25) is 4.57 Å². The molecule has 1 aromatic carbocycles. The summed E-state index contributed by atoms with van der Waals surface area (Å²) in [5.41, 5.74) is -0.292. The highest BCUT2D eigenvalue weighted by atomic mass is 19.2. The zero-order valence-electron chi connectivity index (χ0n) is 16.6. The van der Waals surface area contributed by atoms with E-state index in [1.165, 1.54) is 12.1 Å². The van der Waals surface area contributed by atoms with Gasteiger partial charge in [0.05, 0.1) is 0 Å². The van der Waals surface area contributed by atoms with E-state index in [9.17, 15) is 13.6 Å². The second-order valence-electron chi connectivity index (χ2n) is 7.40. The molecule has 7 heteroatoms. The second-order valence-corrected chi connectivity index (χ2v) is 7.40. The second kappa shape index (κ2) is 8.71. The third-order valence-corrected chi connectivity index (χ3v) is 5.53. The maximum Gasteiger partial charge on any atom is 0.352 e. The first-order valence-electron chi connectivity index (χ1n) is 9.88. The van der Waals surface area contributed by atoms with Crippen molar-refractivity contribution in [3.63, 3.8) is 0 Å². The monoisotopic (exact) mass is 391 g/mol. The predicted octanol–water partition coefficient (Wildman–Crippen LogP) is 4.14. The number of ether oxygens (including phenoxy) is 1. The summed E-state index contributed by atoms with van der Waals surface area (Å²) >= 11 is 0. The van der Waals surface area contributed by atoms with Crippen LogP contribution in [0.5, 0.6) is 5.88 Å². The highest BCUT2D eigenvalue weighted by Crippen LogP contribution is 2.29. The van der Waals surface area contributed by atoms with Gasteiger partial charge in [-0.2, -0.15) is 4.98 Å². The lowest BCUT2D eigenvalue weighted by atomic mass is 10.0. The molecule has 2 atom stereocenters. The molecular weight excluding hydrogens is 364 g/mol. The number of fused-ring (bicyclic) bond motifs is 1. The average molecular weight is 391 g/mol. The van der Waals surface area contributed by atoms with Gasteiger partial charge in [0.25, 0.3) is 0 Å². The molecule has 0 radical (unpaired) electrons. The van der Waals surface area contributed by atoms with Gasteiger partial charge < -0.3 is 9.64 Å². The van der Waals surface area contributed by atoms with Gasteiger partial charge in [0.2, 0.25) is 5.88 Å². The predicted molar refractivity (Wildman–Crippen MR) is 105 cm³/mol. The maximum atomic E-state index is 13.8. The molecule has 0 saturated heterocycles. The maximum absolute atomic E-state index is 13.8. The summed E-state index contributed by atoms with van der Waals surface area (Å²) in [7, 11) is 0. The normalized spacial score (nSPS) is 16.9. The van der Waals surface area contributed by atoms with Crippen molar-refractivity contribution >= 4 is 5.82 Å². The first kappa shape index (κ1) is 20.3. The Morgan fingerprint density at radius 3 is 2.82 bits per heavy atom. The summed E-state index contributed by atoms with van der Waals surface area (Å²) in [6.07, 6.45) is 3.07. The van der Waals surface area contributed by atoms with Crippen molar-refractivity contribution < 1.29 is 13.5 Å².